The van der Waals surface area contributed by atoms with Gasteiger partial charge in [0.05, 0.1) is 32.0 Å². The molecule has 156 valence electrons. The number of H-pyrrole nitrogens is 1. The fraction of sp³-hybridized carbons (Fsp3) is 0.304. The van der Waals surface area contributed by atoms with Crippen LogP contribution in [-0.4, -0.2) is 37.8 Å². The summed E-state index contributed by atoms with van der Waals surface area (Å²) in [5.74, 6) is 1.05. The van der Waals surface area contributed by atoms with E-state index in [4.69, 9.17) is 14.2 Å². The van der Waals surface area contributed by atoms with Gasteiger partial charge in [0, 0.05) is 18.2 Å². The van der Waals surface area contributed by atoms with Gasteiger partial charge in [0.15, 0.2) is 0 Å². The third-order valence-electron chi connectivity index (χ3n) is 5.31. The molecule has 4 rings (SSSR count). The molecule has 1 N–H and O–H groups in total. The number of hydrogen-bond acceptors (Lipinski definition) is 5. The van der Waals surface area contributed by atoms with Crippen molar-refractivity contribution in [3.63, 3.8) is 0 Å². The maximum atomic E-state index is 13.3. The number of hydrogen-bond donors (Lipinski definition) is 1. The fourth-order valence-electron chi connectivity index (χ4n) is 3.72. The predicted molar refractivity (Wildman–Crippen MR) is 114 cm³/mol. The van der Waals surface area contributed by atoms with Crippen LogP contribution in [0, 0.1) is 0 Å². The van der Waals surface area contributed by atoms with Gasteiger partial charge in [-0.05, 0) is 48.6 Å². The Bertz CT molecular complexity index is 1120. The van der Waals surface area contributed by atoms with Crippen molar-refractivity contribution in [3.05, 3.63) is 64.4 Å². The van der Waals surface area contributed by atoms with E-state index in [1.807, 2.05) is 30.3 Å². The molecule has 1 amide bonds. The van der Waals surface area contributed by atoms with Gasteiger partial charge in [-0.25, -0.2) is 0 Å². The quantitative estimate of drug-likeness (QED) is 0.677. The molecule has 2 heterocycles. The van der Waals surface area contributed by atoms with Crippen molar-refractivity contribution in [2.45, 2.75) is 25.5 Å². The highest BCUT2D eigenvalue weighted by molar-refractivity contribution is 5.98. The second-order valence-corrected chi connectivity index (χ2v) is 7.17. The Morgan fingerprint density at radius 2 is 2.00 bits per heavy atom. The van der Waals surface area contributed by atoms with Crippen LogP contribution in [0.2, 0.25) is 0 Å². The first-order valence-electron chi connectivity index (χ1n) is 9.86. The topological polar surface area (TPSA) is 80.9 Å². The molecule has 0 bridgehead atoms. The second-order valence-electron chi connectivity index (χ2n) is 7.17. The first-order valence-corrected chi connectivity index (χ1v) is 9.86. The second kappa shape index (κ2) is 8.59. The summed E-state index contributed by atoms with van der Waals surface area (Å²) in [6.45, 7) is 0.672. The minimum Gasteiger partial charge on any atom is -0.497 e. The summed E-state index contributed by atoms with van der Waals surface area (Å²) < 4.78 is 16.3. The zero-order valence-electron chi connectivity index (χ0n) is 17.0. The summed E-state index contributed by atoms with van der Waals surface area (Å²) in [5, 5.41) is 0.856. The number of carbonyl (C=O) groups excluding carboxylic acids is 1. The minimum absolute atomic E-state index is 0.108. The largest absolute Gasteiger partial charge is 0.497 e. The van der Waals surface area contributed by atoms with Crippen LogP contribution < -0.4 is 19.9 Å². The monoisotopic (exact) mass is 408 g/mol. The van der Waals surface area contributed by atoms with Crippen LogP contribution in [-0.2, 0) is 16.1 Å². The number of aromatic amines is 1. The number of aromatic nitrogens is 1. The van der Waals surface area contributed by atoms with Crippen molar-refractivity contribution in [2.24, 2.45) is 0 Å². The molecule has 2 aromatic carbocycles. The molecule has 1 fully saturated rings. The Morgan fingerprint density at radius 3 is 2.73 bits per heavy atom. The number of rotatable bonds is 6. The lowest BCUT2D eigenvalue weighted by Gasteiger charge is -2.26. The molecule has 1 atom stereocenters. The maximum absolute atomic E-state index is 13.3. The molecule has 7 nitrogen and oxygen atoms in total. The Hall–Kier alpha value is -3.32. The number of nitrogens with one attached hydrogen (secondary N) is 1. The van der Waals surface area contributed by atoms with Crippen molar-refractivity contribution in [1.82, 2.24) is 4.98 Å². The lowest BCUT2D eigenvalue weighted by Crippen LogP contribution is -2.40. The molecule has 1 aliphatic heterocycles. The molecule has 0 saturated carbocycles. The van der Waals surface area contributed by atoms with Crippen LogP contribution in [0.15, 0.2) is 53.3 Å². The number of nitrogens with zero attached hydrogens (tertiary/aromatic N) is 1. The van der Waals surface area contributed by atoms with Crippen molar-refractivity contribution in [3.8, 4) is 11.5 Å². The van der Waals surface area contributed by atoms with E-state index in [0.717, 1.165) is 11.8 Å². The number of ether oxygens (including phenoxy) is 3. The molecule has 1 saturated heterocycles. The van der Waals surface area contributed by atoms with Crippen molar-refractivity contribution in [1.29, 1.82) is 0 Å². The van der Waals surface area contributed by atoms with E-state index in [1.54, 1.807) is 37.3 Å². The average molecular weight is 408 g/mol. The fourth-order valence-corrected chi connectivity index (χ4v) is 3.72. The third kappa shape index (κ3) is 3.89. The number of amides is 1. The Balaban J connectivity index is 1.75. The highest BCUT2D eigenvalue weighted by Gasteiger charge is 2.31. The number of anilines is 1. The Labute approximate surface area is 174 Å². The summed E-state index contributed by atoms with van der Waals surface area (Å²) >= 11 is 0. The first kappa shape index (κ1) is 20.0. The number of pyridine rings is 1. The molecule has 3 aromatic rings. The average Bonchev–Trinajstić information content (AvgIpc) is 3.32. The molecule has 30 heavy (non-hydrogen) atoms. The van der Waals surface area contributed by atoms with Crippen molar-refractivity contribution < 1.29 is 19.0 Å². The summed E-state index contributed by atoms with van der Waals surface area (Å²) in [6.07, 6.45) is 0.992. The summed E-state index contributed by atoms with van der Waals surface area (Å²) in [5.41, 5.74) is 1.51. The van der Waals surface area contributed by atoms with E-state index < -0.39 is 6.10 Å². The van der Waals surface area contributed by atoms with E-state index in [1.165, 1.54) is 0 Å². The van der Waals surface area contributed by atoms with E-state index >= 15 is 0 Å². The van der Waals surface area contributed by atoms with Crippen LogP contribution >= 0.6 is 0 Å². The van der Waals surface area contributed by atoms with Gasteiger partial charge in [0.1, 0.15) is 17.6 Å². The number of benzene rings is 2. The molecule has 1 aromatic heterocycles. The highest BCUT2D eigenvalue weighted by atomic mass is 16.5. The van der Waals surface area contributed by atoms with E-state index in [2.05, 4.69) is 4.98 Å². The number of methoxy groups -OCH3 is 2. The number of carbonyl (C=O) groups is 1. The number of para-hydroxylation sites is 2. The van der Waals surface area contributed by atoms with Crippen LogP contribution in [0.5, 0.6) is 11.5 Å². The lowest BCUT2D eigenvalue weighted by molar-refractivity contribution is -0.127. The predicted octanol–water partition coefficient (Wildman–Crippen LogP) is 3.26. The molecule has 0 aliphatic carbocycles. The van der Waals surface area contributed by atoms with Gasteiger partial charge in [-0.1, -0.05) is 12.1 Å². The number of fused-ring (bicyclic) bond motifs is 1. The lowest BCUT2D eigenvalue weighted by atomic mass is 10.1. The SMILES string of the molecule is COc1ccc2cc(CN(C(=O)C3CCCO3)c3ccccc3OC)c(=O)[nH]c2c1. The van der Waals surface area contributed by atoms with Gasteiger partial charge in [0.25, 0.3) is 11.5 Å². The van der Waals surface area contributed by atoms with Crippen LogP contribution in [0.3, 0.4) is 0 Å². The normalized spacial score (nSPS) is 15.9. The summed E-state index contributed by atoms with van der Waals surface area (Å²) in [6, 6.07) is 14.6. The Morgan fingerprint density at radius 1 is 1.17 bits per heavy atom. The standard InChI is InChI=1S/C23H24N2O5/c1-28-17-10-9-15-12-16(22(26)24-18(15)13-17)14-25(23(27)21-8-5-11-30-21)19-6-3-4-7-20(19)29-2/h3-4,6-7,9-10,12-13,21H,5,8,11,14H2,1-2H3,(H,24,26). The van der Waals surface area contributed by atoms with Gasteiger partial charge in [-0.3, -0.25) is 9.59 Å². The molecule has 1 aliphatic rings. The minimum atomic E-state index is -0.515. The molecular weight excluding hydrogens is 384 g/mol. The molecule has 0 spiro atoms. The third-order valence-corrected chi connectivity index (χ3v) is 5.31. The summed E-state index contributed by atoms with van der Waals surface area (Å²) in [7, 11) is 3.14. The van der Waals surface area contributed by atoms with Crippen LogP contribution in [0.25, 0.3) is 10.9 Å². The van der Waals surface area contributed by atoms with Gasteiger partial charge in [0.2, 0.25) is 0 Å². The van der Waals surface area contributed by atoms with Gasteiger partial charge >= 0.3 is 0 Å². The summed E-state index contributed by atoms with van der Waals surface area (Å²) in [4.78, 5) is 30.6. The molecular formula is C23H24N2O5. The molecule has 0 radical (unpaired) electrons. The maximum Gasteiger partial charge on any atom is 0.256 e. The molecule has 7 heteroatoms. The zero-order valence-corrected chi connectivity index (χ0v) is 17.0. The van der Waals surface area contributed by atoms with E-state index in [9.17, 15) is 9.59 Å². The van der Waals surface area contributed by atoms with Gasteiger partial charge in [-0.2, -0.15) is 0 Å². The van der Waals surface area contributed by atoms with Crippen molar-refractivity contribution in [2.75, 3.05) is 25.7 Å². The zero-order chi connectivity index (χ0) is 21.1. The van der Waals surface area contributed by atoms with Gasteiger partial charge in [-0.15, -0.1) is 0 Å². The first-order chi connectivity index (χ1) is 14.6. The van der Waals surface area contributed by atoms with Gasteiger partial charge < -0.3 is 24.1 Å². The smallest absolute Gasteiger partial charge is 0.256 e. The van der Waals surface area contributed by atoms with Crippen molar-refractivity contribution >= 4 is 22.5 Å². The van der Waals surface area contributed by atoms with E-state index in [0.29, 0.717) is 41.3 Å². The molecule has 1 unspecified atom stereocenters. The Kier molecular flexibility index (Phi) is 5.72. The van der Waals surface area contributed by atoms with E-state index in [-0.39, 0.29) is 18.0 Å². The highest BCUT2D eigenvalue weighted by Crippen LogP contribution is 2.31. The van der Waals surface area contributed by atoms with Crippen LogP contribution in [0.4, 0.5) is 5.69 Å². The van der Waals surface area contributed by atoms with Crippen LogP contribution in [0.1, 0.15) is 18.4 Å².